The molecule has 0 spiro atoms. The Hall–Kier alpha value is -2.82. The second-order valence-corrected chi connectivity index (χ2v) is 5.24. The zero-order chi connectivity index (χ0) is 15.5. The topological polar surface area (TPSA) is 78.4 Å². The van der Waals surface area contributed by atoms with Gasteiger partial charge in [-0.15, -0.1) is 0 Å². The van der Waals surface area contributed by atoms with E-state index in [2.05, 4.69) is 10.6 Å². The number of carbonyl (C=O) groups excluding carboxylic acids is 2. The quantitative estimate of drug-likeness (QED) is 0.746. The molecule has 0 aromatic heterocycles. The molecule has 0 saturated heterocycles. The van der Waals surface area contributed by atoms with Crippen LogP contribution in [-0.4, -0.2) is 16.9 Å². The van der Waals surface area contributed by atoms with Gasteiger partial charge in [0.05, 0.1) is 5.69 Å². The van der Waals surface area contributed by atoms with E-state index in [1.54, 1.807) is 36.4 Å². The van der Waals surface area contributed by atoms with Crippen LogP contribution >= 0.6 is 0 Å². The second-order valence-electron chi connectivity index (χ2n) is 5.24. The minimum Gasteiger partial charge on any atom is -0.506 e. The van der Waals surface area contributed by atoms with E-state index in [1.165, 1.54) is 6.07 Å². The van der Waals surface area contributed by atoms with Crippen molar-refractivity contribution < 1.29 is 14.7 Å². The molecule has 22 heavy (non-hydrogen) atoms. The van der Waals surface area contributed by atoms with Gasteiger partial charge in [0.2, 0.25) is 5.91 Å². The lowest BCUT2D eigenvalue weighted by molar-refractivity contribution is -0.116. The molecule has 1 aliphatic rings. The molecule has 3 rings (SSSR count). The molecule has 1 aliphatic heterocycles. The molecule has 0 unspecified atom stereocenters. The summed E-state index contributed by atoms with van der Waals surface area (Å²) in [5.74, 6) is -0.261. The Bertz CT molecular complexity index is 740. The molecule has 1 heterocycles. The Morgan fingerprint density at radius 1 is 1.14 bits per heavy atom. The van der Waals surface area contributed by atoms with E-state index >= 15 is 0 Å². The zero-order valence-corrected chi connectivity index (χ0v) is 11.9. The number of benzene rings is 2. The van der Waals surface area contributed by atoms with Gasteiger partial charge < -0.3 is 15.7 Å². The van der Waals surface area contributed by atoms with Gasteiger partial charge in [0, 0.05) is 17.7 Å². The first-order valence-corrected chi connectivity index (χ1v) is 7.15. The lowest BCUT2D eigenvalue weighted by Crippen LogP contribution is -2.13. The maximum Gasteiger partial charge on any atom is 0.255 e. The Morgan fingerprint density at radius 3 is 2.77 bits per heavy atom. The number of carbonyl (C=O) groups is 2. The van der Waals surface area contributed by atoms with Gasteiger partial charge in [0.25, 0.3) is 5.91 Å². The fourth-order valence-electron chi connectivity index (χ4n) is 2.49. The molecule has 112 valence electrons. The number of rotatable bonds is 2. The smallest absolute Gasteiger partial charge is 0.255 e. The maximum atomic E-state index is 12.3. The third kappa shape index (κ3) is 2.93. The van der Waals surface area contributed by atoms with Crippen LogP contribution in [-0.2, 0) is 11.2 Å². The van der Waals surface area contributed by atoms with Crippen LogP contribution in [0.3, 0.4) is 0 Å². The Balaban J connectivity index is 1.83. The molecular weight excluding hydrogens is 280 g/mol. The van der Waals surface area contributed by atoms with Crippen molar-refractivity contribution in [2.45, 2.75) is 19.3 Å². The van der Waals surface area contributed by atoms with Crippen LogP contribution < -0.4 is 10.6 Å². The molecule has 0 atom stereocenters. The van der Waals surface area contributed by atoms with Gasteiger partial charge in [-0.2, -0.15) is 0 Å². The van der Waals surface area contributed by atoms with Crippen molar-refractivity contribution in [2.24, 2.45) is 0 Å². The lowest BCUT2D eigenvalue weighted by atomic mass is 10.0. The number of amides is 2. The van der Waals surface area contributed by atoms with E-state index < -0.39 is 0 Å². The molecule has 2 aromatic rings. The summed E-state index contributed by atoms with van der Waals surface area (Å²) in [6.07, 6.45) is 2.02. The van der Waals surface area contributed by atoms with E-state index in [9.17, 15) is 14.7 Å². The monoisotopic (exact) mass is 296 g/mol. The number of anilines is 2. The molecule has 0 aliphatic carbocycles. The van der Waals surface area contributed by atoms with Gasteiger partial charge in [-0.3, -0.25) is 9.59 Å². The van der Waals surface area contributed by atoms with Crippen LogP contribution in [0.15, 0.2) is 42.5 Å². The van der Waals surface area contributed by atoms with Crippen molar-refractivity contribution in [2.75, 3.05) is 10.6 Å². The predicted octanol–water partition coefficient (Wildman–Crippen LogP) is 2.92. The average Bonchev–Trinajstić information content (AvgIpc) is 2.69. The summed E-state index contributed by atoms with van der Waals surface area (Å²) in [6, 6.07) is 11.8. The van der Waals surface area contributed by atoms with E-state index in [-0.39, 0.29) is 17.6 Å². The highest BCUT2D eigenvalue weighted by atomic mass is 16.3. The summed E-state index contributed by atoms with van der Waals surface area (Å²) in [4.78, 5) is 23.8. The van der Waals surface area contributed by atoms with E-state index in [0.29, 0.717) is 17.7 Å². The molecule has 0 radical (unpaired) electrons. The Morgan fingerprint density at radius 2 is 1.95 bits per heavy atom. The van der Waals surface area contributed by atoms with Crippen molar-refractivity contribution in [3.05, 3.63) is 53.6 Å². The lowest BCUT2D eigenvalue weighted by Gasteiger charge is -2.10. The zero-order valence-electron chi connectivity index (χ0n) is 11.9. The fourth-order valence-corrected chi connectivity index (χ4v) is 2.49. The molecular formula is C17H16N2O3. The number of nitrogens with one attached hydrogen (secondary N) is 2. The summed E-state index contributed by atoms with van der Waals surface area (Å²) in [7, 11) is 0. The molecule has 3 N–H and O–H groups in total. The first-order chi connectivity index (χ1) is 10.6. The third-order valence-corrected chi connectivity index (χ3v) is 3.64. The van der Waals surface area contributed by atoms with E-state index in [1.807, 2.05) is 0 Å². The molecule has 0 fully saturated rings. The highest BCUT2D eigenvalue weighted by Gasteiger charge is 2.15. The molecule has 5 nitrogen and oxygen atoms in total. The second kappa shape index (κ2) is 5.89. The Labute approximate surface area is 128 Å². The number of phenolic OH excluding ortho intramolecular Hbond substituents is 1. The average molecular weight is 296 g/mol. The van der Waals surface area contributed by atoms with Gasteiger partial charge >= 0.3 is 0 Å². The standard InChI is InChI=1S/C17H16N2O3/c20-15-6-2-1-5-14(15)19-17(22)12-8-9-13-11(10-12)4-3-7-16(21)18-13/h1-2,5-6,8-10,20H,3-4,7H2,(H,18,21)(H,19,22). The van der Waals surface area contributed by atoms with Crippen molar-refractivity contribution >= 4 is 23.2 Å². The molecule has 0 saturated carbocycles. The van der Waals surface area contributed by atoms with E-state index in [4.69, 9.17) is 0 Å². The highest BCUT2D eigenvalue weighted by molar-refractivity contribution is 6.05. The molecule has 5 heteroatoms. The molecule has 0 bridgehead atoms. The largest absolute Gasteiger partial charge is 0.506 e. The third-order valence-electron chi connectivity index (χ3n) is 3.64. The van der Waals surface area contributed by atoms with Crippen molar-refractivity contribution in [1.29, 1.82) is 0 Å². The van der Waals surface area contributed by atoms with Crippen LogP contribution in [0.5, 0.6) is 5.75 Å². The fraction of sp³-hybridized carbons (Fsp3) is 0.176. The first-order valence-electron chi connectivity index (χ1n) is 7.15. The van der Waals surface area contributed by atoms with Gasteiger partial charge in [0.15, 0.2) is 0 Å². The Kier molecular flexibility index (Phi) is 3.78. The molecule has 2 amide bonds. The summed E-state index contributed by atoms with van der Waals surface area (Å²) in [5.41, 5.74) is 2.59. The summed E-state index contributed by atoms with van der Waals surface area (Å²) >= 11 is 0. The number of fused-ring (bicyclic) bond motifs is 1. The SMILES string of the molecule is O=C1CCCc2cc(C(=O)Nc3ccccc3O)ccc2N1. The number of hydrogen-bond acceptors (Lipinski definition) is 3. The highest BCUT2D eigenvalue weighted by Crippen LogP contribution is 2.25. The predicted molar refractivity (Wildman–Crippen MR) is 84.1 cm³/mol. The van der Waals surface area contributed by atoms with Crippen molar-refractivity contribution in [3.63, 3.8) is 0 Å². The summed E-state index contributed by atoms with van der Waals surface area (Å²) in [5, 5.41) is 15.2. The normalized spacial score (nSPS) is 13.7. The van der Waals surface area contributed by atoms with Crippen LogP contribution in [0.2, 0.25) is 0 Å². The van der Waals surface area contributed by atoms with Gasteiger partial charge in [-0.05, 0) is 48.7 Å². The maximum absolute atomic E-state index is 12.3. The summed E-state index contributed by atoms with van der Waals surface area (Å²) < 4.78 is 0. The van der Waals surface area contributed by atoms with Crippen LogP contribution in [0, 0.1) is 0 Å². The number of aryl methyl sites for hydroxylation is 1. The number of phenols is 1. The van der Waals surface area contributed by atoms with Gasteiger partial charge in [-0.25, -0.2) is 0 Å². The minimum atomic E-state index is -0.292. The number of aromatic hydroxyl groups is 1. The number of hydrogen-bond donors (Lipinski definition) is 3. The van der Waals surface area contributed by atoms with Crippen LogP contribution in [0.1, 0.15) is 28.8 Å². The first kappa shape index (κ1) is 14.1. The van der Waals surface area contributed by atoms with Gasteiger partial charge in [-0.1, -0.05) is 12.1 Å². The van der Waals surface area contributed by atoms with Crippen LogP contribution in [0.25, 0.3) is 0 Å². The molecule has 2 aromatic carbocycles. The van der Waals surface area contributed by atoms with Crippen molar-refractivity contribution in [3.8, 4) is 5.75 Å². The van der Waals surface area contributed by atoms with E-state index in [0.717, 1.165) is 24.1 Å². The van der Waals surface area contributed by atoms with Gasteiger partial charge in [0.1, 0.15) is 5.75 Å². The minimum absolute atomic E-state index is 0.00478. The summed E-state index contributed by atoms with van der Waals surface area (Å²) in [6.45, 7) is 0. The number of para-hydroxylation sites is 2. The van der Waals surface area contributed by atoms with Crippen molar-refractivity contribution in [1.82, 2.24) is 0 Å². The van der Waals surface area contributed by atoms with Crippen LogP contribution in [0.4, 0.5) is 11.4 Å².